The smallest absolute Gasteiger partial charge is 0.327 e. The Hall–Kier alpha value is -1.71. The Morgan fingerprint density at radius 2 is 2.26 bits per heavy atom. The monoisotopic (exact) mass is 298 g/mol. The summed E-state index contributed by atoms with van der Waals surface area (Å²) in [6.45, 7) is 1.26. The zero-order chi connectivity index (χ0) is 14.4. The summed E-state index contributed by atoms with van der Waals surface area (Å²) in [5.41, 5.74) is 0.364. The summed E-state index contributed by atoms with van der Waals surface area (Å²) in [6.07, 6.45) is 0. The molecule has 0 bridgehead atoms. The van der Waals surface area contributed by atoms with Crippen LogP contribution in [0.15, 0.2) is 23.1 Å². The van der Waals surface area contributed by atoms with Crippen molar-refractivity contribution in [2.45, 2.75) is 17.9 Å². The van der Waals surface area contributed by atoms with Crippen LogP contribution in [0.3, 0.4) is 0 Å². The first-order chi connectivity index (χ1) is 8.93. The van der Waals surface area contributed by atoms with E-state index in [4.69, 9.17) is 22.0 Å². The van der Waals surface area contributed by atoms with Crippen LogP contribution >= 0.6 is 23.4 Å². The largest absolute Gasteiger partial charge is 0.480 e. The van der Waals surface area contributed by atoms with E-state index in [9.17, 15) is 9.59 Å². The standard InChI is InChI=1S/C12H11ClN2O3S/c1-7(16)15-11(12(17)18)6-19-9-3-2-8(5-14)10(13)4-9/h2-4,11H,6H2,1H3,(H,15,16)(H,17,18)/t11-/m0/s1. The SMILES string of the molecule is CC(=O)N[C@@H](CSc1ccc(C#N)c(Cl)c1)C(=O)O. The van der Waals surface area contributed by atoms with Gasteiger partial charge in [-0.05, 0) is 18.2 Å². The molecule has 0 fully saturated rings. The highest BCUT2D eigenvalue weighted by molar-refractivity contribution is 7.99. The Labute approximate surface area is 119 Å². The van der Waals surface area contributed by atoms with Crippen molar-refractivity contribution < 1.29 is 14.7 Å². The lowest BCUT2D eigenvalue weighted by Crippen LogP contribution is -2.41. The van der Waals surface area contributed by atoms with Crippen LogP contribution in [0.2, 0.25) is 5.02 Å². The molecular weight excluding hydrogens is 288 g/mol. The fraction of sp³-hybridized carbons (Fsp3) is 0.250. The summed E-state index contributed by atoms with van der Waals surface area (Å²) in [6, 6.07) is 5.82. The first-order valence-electron chi connectivity index (χ1n) is 5.26. The number of amides is 1. The number of carboxylic acid groups (broad SMARTS) is 1. The number of hydrogen-bond acceptors (Lipinski definition) is 4. The van der Waals surface area contributed by atoms with Crippen molar-refractivity contribution in [2.75, 3.05) is 5.75 Å². The van der Waals surface area contributed by atoms with E-state index >= 15 is 0 Å². The van der Waals surface area contributed by atoms with Gasteiger partial charge < -0.3 is 10.4 Å². The van der Waals surface area contributed by atoms with Crippen molar-refractivity contribution in [3.8, 4) is 6.07 Å². The third kappa shape index (κ3) is 4.81. The van der Waals surface area contributed by atoms with Crippen molar-refractivity contribution in [3.63, 3.8) is 0 Å². The molecule has 7 heteroatoms. The van der Waals surface area contributed by atoms with Gasteiger partial charge in [0.25, 0.3) is 0 Å². The van der Waals surface area contributed by atoms with E-state index in [1.807, 2.05) is 6.07 Å². The van der Waals surface area contributed by atoms with Crippen molar-refractivity contribution in [1.29, 1.82) is 5.26 Å². The molecule has 0 radical (unpaired) electrons. The molecule has 0 aliphatic rings. The molecule has 5 nitrogen and oxygen atoms in total. The van der Waals surface area contributed by atoms with Crippen LogP contribution in [0, 0.1) is 11.3 Å². The Balaban J connectivity index is 2.69. The van der Waals surface area contributed by atoms with Crippen molar-refractivity contribution in [3.05, 3.63) is 28.8 Å². The molecule has 1 amide bonds. The zero-order valence-corrected chi connectivity index (χ0v) is 11.6. The molecular formula is C12H11ClN2O3S. The quantitative estimate of drug-likeness (QED) is 0.810. The number of benzene rings is 1. The van der Waals surface area contributed by atoms with Gasteiger partial charge in [0.15, 0.2) is 0 Å². The normalized spacial score (nSPS) is 11.4. The number of rotatable bonds is 5. The summed E-state index contributed by atoms with van der Waals surface area (Å²) in [5.74, 6) is -1.31. The van der Waals surface area contributed by atoms with Crippen LogP contribution in [0.4, 0.5) is 0 Å². The van der Waals surface area contributed by atoms with Gasteiger partial charge in [0.05, 0.1) is 10.6 Å². The summed E-state index contributed by atoms with van der Waals surface area (Å²) >= 11 is 7.11. The Morgan fingerprint density at radius 3 is 2.74 bits per heavy atom. The van der Waals surface area contributed by atoms with Gasteiger partial charge in [0.1, 0.15) is 12.1 Å². The van der Waals surface area contributed by atoms with E-state index in [1.54, 1.807) is 18.2 Å². The average molecular weight is 299 g/mol. The molecule has 2 N–H and O–H groups in total. The molecule has 1 atom stereocenters. The number of carbonyl (C=O) groups excluding carboxylic acids is 1. The average Bonchev–Trinajstić information content (AvgIpc) is 2.34. The van der Waals surface area contributed by atoms with Crippen LogP contribution in [0.1, 0.15) is 12.5 Å². The van der Waals surface area contributed by atoms with E-state index in [-0.39, 0.29) is 5.75 Å². The second-order valence-corrected chi connectivity index (χ2v) is 5.16. The minimum atomic E-state index is -1.09. The van der Waals surface area contributed by atoms with Gasteiger partial charge in [-0.2, -0.15) is 5.26 Å². The predicted octanol–water partition coefficient (Wildman–Crippen LogP) is 1.89. The van der Waals surface area contributed by atoms with Gasteiger partial charge in [-0.3, -0.25) is 4.79 Å². The zero-order valence-electron chi connectivity index (χ0n) is 10.0. The maximum absolute atomic E-state index is 10.9. The summed E-state index contributed by atoms with van der Waals surface area (Å²) in [4.78, 5) is 22.5. The number of nitrogens with one attached hydrogen (secondary N) is 1. The molecule has 0 aliphatic heterocycles. The minimum Gasteiger partial charge on any atom is -0.480 e. The molecule has 1 rings (SSSR count). The number of halogens is 1. The Kier molecular flexibility index (Phi) is 5.67. The number of carboxylic acids is 1. The molecule has 19 heavy (non-hydrogen) atoms. The number of nitrogens with zero attached hydrogens (tertiary/aromatic N) is 1. The lowest BCUT2D eigenvalue weighted by Gasteiger charge is -2.12. The van der Waals surface area contributed by atoms with Crippen LogP contribution in [0.25, 0.3) is 0 Å². The molecule has 1 aromatic carbocycles. The molecule has 0 unspecified atom stereocenters. The van der Waals surface area contributed by atoms with Crippen LogP contribution < -0.4 is 5.32 Å². The molecule has 0 spiro atoms. The molecule has 1 aromatic rings. The van der Waals surface area contributed by atoms with E-state index < -0.39 is 17.9 Å². The van der Waals surface area contributed by atoms with Crippen LogP contribution in [-0.2, 0) is 9.59 Å². The molecule has 0 aromatic heterocycles. The van der Waals surface area contributed by atoms with Crippen molar-refractivity contribution in [2.24, 2.45) is 0 Å². The number of hydrogen-bond donors (Lipinski definition) is 2. The summed E-state index contributed by atoms with van der Waals surface area (Å²) in [5, 5.41) is 20.3. The third-order valence-corrected chi connectivity index (χ3v) is 3.55. The number of nitriles is 1. The molecule has 0 aliphatic carbocycles. The first-order valence-corrected chi connectivity index (χ1v) is 6.62. The van der Waals surface area contributed by atoms with Crippen LogP contribution in [-0.4, -0.2) is 28.8 Å². The van der Waals surface area contributed by atoms with E-state index in [0.29, 0.717) is 10.6 Å². The van der Waals surface area contributed by atoms with E-state index in [1.165, 1.54) is 18.7 Å². The van der Waals surface area contributed by atoms with Crippen molar-refractivity contribution in [1.82, 2.24) is 5.32 Å². The summed E-state index contributed by atoms with van der Waals surface area (Å²) in [7, 11) is 0. The predicted molar refractivity (Wildman–Crippen MR) is 72.1 cm³/mol. The lowest BCUT2D eigenvalue weighted by atomic mass is 10.2. The van der Waals surface area contributed by atoms with Gasteiger partial charge >= 0.3 is 5.97 Å². The third-order valence-electron chi connectivity index (χ3n) is 2.15. The number of carbonyl (C=O) groups is 2. The number of aliphatic carboxylic acids is 1. The Bertz CT molecular complexity index is 542. The highest BCUT2D eigenvalue weighted by Gasteiger charge is 2.18. The second kappa shape index (κ2) is 7.02. The molecule has 0 saturated carbocycles. The number of thioether (sulfide) groups is 1. The molecule has 100 valence electrons. The fourth-order valence-electron chi connectivity index (χ4n) is 1.28. The van der Waals surface area contributed by atoms with Crippen LogP contribution in [0.5, 0.6) is 0 Å². The van der Waals surface area contributed by atoms with Gasteiger partial charge in [-0.1, -0.05) is 11.6 Å². The minimum absolute atomic E-state index is 0.178. The lowest BCUT2D eigenvalue weighted by molar-refractivity contribution is -0.140. The topological polar surface area (TPSA) is 90.2 Å². The summed E-state index contributed by atoms with van der Waals surface area (Å²) < 4.78 is 0. The first kappa shape index (κ1) is 15.3. The second-order valence-electron chi connectivity index (χ2n) is 3.66. The highest BCUT2D eigenvalue weighted by Crippen LogP contribution is 2.25. The van der Waals surface area contributed by atoms with Gasteiger partial charge in [-0.25, -0.2) is 4.79 Å². The van der Waals surface area contributed by atoms with E-state index in [2.05, 4.69) is 5.32 Å². The molecule has 0 heterocycles. The van der Waals surface area contributed by atoms with E-state index in [0.717, 1.165) is 4.90 Å². The maximum atomic E-state index is 10.9. The highest BCUT2D eigenvalue weighted by atomic mass is 35.5. The van der Waals surface area contributed by atoms with Gasteiger partial charge in [0, 0.05) is 17.6 Å². The van der Waals surface area contributed by atoms with Gasteiger partial charge in [0.2, 0.25) is 5.91 Å². The van der Waals surface area contributed by atoms with Gasteiger partial charge in [-0.15, -0.1) is 11.8 Å². The molecule has 0 saturated heterocycles. The maximum Gasteiger partial charge on any atom is 0.327 e. The van der Waals surface area contributed by atoms with Crippen molar-refractivity contribution >= 4 is 35.2 Å². The fourth-order valence-corrected chi connectivity index (χ4v) is 2.51. The Morgan fingerprint density at radius 1 is 1.58 bits per heavy atom.